The van der Waals surface area contributed by atoms with Crippen LogP contribution in [0.2, 0.25) is 0 Å². The molecule has 1 aromatic heterocycles. The zero-order valence-corrected chi connectivity index (χ0v) is 18.0. The fraction of sp³-hybridized carbons (Fsp3) is 0.238. The van der Waals surface area contributed by atoms with Crippen molar-refractivity contribution in [3.63, 3.8) is 0 Å². The molecular weight excluding hydrogens is 425 g/mol. The zero-order chi connectivity index (χ0) is 23.0. The van der Waals surface area contributed by atoms with Crippen LogP contribution in [0.3, 0.4) is 0 Å². The smallest absolute Gasteiger partial charge is 0.414 e. The largest absolute Gasteiger partial charge is 0.473 e. The Balaban J connectivity index is 0.000000501. The summed E-state index contributed by atoms with van der Waals surface area (Å²) in [6, 6.07) is 14.5. The molecular formula is C21H22FN3O5S. The fourth-order valence-electron chi connectivity index (χ4n) is 2.46. The maximum Gasteiger partial charge on any atom is 0.414 e. The number of carboxylic acid groups (broad SMARTS) is 2. The molecule has 10 heteroatoms. The second-order valence-corrected chi connectivity index (χ2v) is 7.38. The first kappa shape index (κ1) is 24.0. The van der Waals surface area contributed by atoms with Crippen molar-refractivity contribution in [2.45, 2.75) is 24.4 Å². The number of rotatable bonds is 6. The molecule has 0 amide bonds. The first-order valence-corrected chi connectivity index (χ1v) is 10.3. The van der Waals surface area contributed by atoms with Gasteiger partial charge >= 0.3 is 11.9 Å². The van der Waals surface area contributed by atoms with Gasteiger partial charge in [0.1, 0.15) is 5.82 Å². The van der Waals surface area contributed by atoms with Crippen LogP contribution in [0, 0.1) is 5.82 Å². The summed E-state index contributed by atoms with van der Waals surface area (Å²) in [7, 11) is 2.02. The van der Waals surface area contributed by atoms with Gasteiger partial charge in [-0.25, -0.2) is 14.0 Å². The van der Waals surface area contributed by atoms with E-state index in [0.29, 0.717) is 17.3 Å². The topological polar surface area (TPSA) is 117 Å². The Morgan fingerprint density at radius 2 is 1.65 bits per heavy atom. The number of hydrogen-bond donors (Lipinski definition) is 2. The molecule has 1 heterocycles. The van der Waals surface area contributed by atoms with Crippen LogP contribution in [-0.4, -0.2) is 50.6 Å². The van der Waals surface area contributed by atoms with Crippen molar-refractivity contribution in [2.75, 3.05) is 13.3 Å². The number of thioether (sulfide) groups is 1. The maximum absolute atomic E-state index is 13.0. The monoisotopic (exact) mass is 447 g/mol. The van der Waals surface area contributed by atoms with Crippen molar-refractivity contribution in [1.29, 1.82) is 0 Å². The lowest BCUT2D eigenvalue weighted by molar-refractivity contribution is -0.159. The first-order chi connectivity index (χ1) is 14.7. The van der Waals surface area contributed by atoms with Crippen LogP contribution in [-0.2, 0) is 16.1 Å². The lowest BCUT2D eigenvalue weighted by atomic mass is 10.2. The van der Waals surface area contributed by atoms with E-state index >= 15 is 0 Å². The molecule has 0 saturated heterocycles. The maximum atomic E-state index is 13.0. The molecule has 3 aromatic rings. The van der Waals surface area contributed by atoms with E-state index in [9.17, 15) is 4.39 Å². The minimum Gasteiger partial charge on any atom is -0.473 e. The van der Waals surface area contributed by atoms with Crippen LogP contribution in [0.4, 0.5) is 4.39 Å². The third-order valence-corrected chi connectivity index (χ3v) is 5.07. The van der Waals surface area contributed by atoms with Crippen molar-refractivity contribution in [3.05, 3.63) is 65.8 Å². The highest BCUT2D eigenvalue weighted by molar-refractivity contribution is 7.98. The molecule has 0 aliphatic heterocycles. The average molecular weight is 447 g/mol. The fourth-order valence-corrected chi connectivity index (χ4v) is 2.87. The molecule has 0 aliphatic carbocycles. The Kier molecular flexibility index (Phi) is 8.71. The van der Waals surface area contributed by atoms with Gasteiger partial charge in [-0.2, -0.15) is 0 Å². The van der Waals surface area contributed by atoms with Gasteiger partial charge in [0.15, 0.2) is 0 Å². The van der Waals surface area contributed by atoms with Gasteiger partial charge in [0.25, 0.3) is 0 Å². The SMILES string of the molecule is CSc1ccc(CN(C)C(C)c2nnc(-c3ccc(F)cc3)o2)cc1.O=C(O)C(=O)O. The number of nitrogens with zero attached hydrogens (tertiary/aromatic N) is 3. The Morgan fingerprint density at radius 1 is 1.06 bits per heavy atom. The molecule has 0 radical (unpaired) electrons. The predicted molar refractivity (Wildman–Crippen MR) is 113 cm³/mol. The van der Waals surface area contributed by atoms with Crippen LogP contribution < -0.4 is 0 Å². The number of carbonyl (C=O) groups is 2. The van der Waals surface area contributed by atoms with E-state index in [1.165, 1.54) is 22.6 Å². The molecule has 1 atom stereocenters. The molecule has 2 N–H and O–H groups in total. The van der Waals surface area contributed by atoms with Gasteiger partial charge in [-0.05, 0) is 62.2 Å². The van der Waals surface area contributed by atoms with Crippen molar-refractivity contribution < 1.29 is 28.6 Å². The Hall–Kier alpha value is -3.24. The molecule has 31 heavy (non-hydrogen) atoms. The first-order valence-electron chi connectivity index (χ1n) is 9.10. The number of aromatic nitrogens is 2. The van der Waals surface area contributed by atoms with E-state index in [4.69, 9.17) is 24.2 Å². The molecule has 0 bridgehead atoms. The number of aliphatic carboxylic acids is 2. The Labute approximate surface area is 182 Å². The van der Waals surface area contributed by atoms with Gasteiger partial charge in [0, 0.05) is 17.0 Å². The highest BCUT2D eigenvalue weighted by atomic mass is 32.2. The van der Waals surface area contributed by atoms with E-state index < -0.39 is 11.9 Å². The van der Waals surface area contributed by atoms with Gasteiger partial charge in [-0.3, -0.25) is 4.90 Å². The van der Waals surface area contributed by atoms with E-state index in [0.717, 1.165) is 6.54 Å². The zero-order valence-electron chi connectivity index (χ0n) is 17.2. The van der Waals surface area contributed by atoms with Crippen molar-refractivity contribution in [1.82, 2.24) is 15.1 Å². The summed E-state index contributed by atoms with van der Waals surface area (Å²) < 4.78 is 18.8. The lowest BCUT2D eigenvalue weighted by Crippen LogP contribution is -2.22. The molecule has 8 nitrogen and oxygen atoms in total. The molecule has 2 aromatic carbocycles. The summed E-state index contributed by atoms with van der Waals surface area (Å²) in [5.41, 5.74) is 1.94. The number of hydrogen-bond acceptors (Lipinski definition) is 7. The van der Waals surface area contributed by atoms with Gasteiger partial charge in [0.2, 0.25) is 11.8 Å². The number of carboxylic acids is 2. The van der Waals surface area contributed by atoms with Gasteiger partial charge in [0.05, 0.1) is 6.04 Å². The van der Waals surface area contributed by atoms with Crippen LogP contribution in [0.1, 0.15) is 24.4 Å². The molecule has 0 saturated carbocycles. The molecule has 164 valence electrons. The lowest BCUT2D eigenvalue weighted by Gasteiger charge is -2.21. The van der Waals surface area contributed by atoms with Gasteiger partial charge < -0.3 is 14.6 Å². The Morgan fingerprint density at radius 3 is 2.16 bits per heavy atom. The highest BCUT2D eigenvalue weighted by Gasteiger charge is 2.19. The summed E-state index contributed by atoms with van der Waals surface area (Å²) >= 11 is 1.73. The van der Waals surface area contributed by atoms with Crippen molar-refractivity contribution in [2.24, 2.45) is 0 Å². The van der Waals surface area contributed by atoms with Crippen LogP contribution in [0.5, 0.6) is 0 Å². The van der Waals surface area contributed by atoms with E-state index in [2.05, 4.69) is 45.6 Å². The number of benzene rings is 2. The van der Waals surface area contributed by atoms with Gasteiger partial charge in [-0.1, -0.05) is 12.1 Å². The van der Waals surface area contributed by atoms with Crippen LogP contribution in [0.15, 0.2) is 57.8 Å². The third kappa shape index (κ3) is 7.19. The minimum atomic E-state index is -1.82. The minimum absolute atomic E-state index is 0.0260. The van der Waals surface area contributed by atoms with Crippen LogP contribution >= 0.6 is 11.8 Å². The highest BCUT2D eigenvalue weighted by Crippen LogP contribution is 2.25. The van der Waals surface area contributed by atoms with E-state index in [1.807, 2.05) is 14.0 Å². The molecule has 0 fully saturated rings. The number of halogens is 1. The van der Waals surface area contributed by atoms with Gasteiger partial charge in [-0.15, -0.1) is 22.0 Å². The summed E-state index contributed by atoms with van der Waals surface area (Å²) in [6.07, 6.45) is 2.07. The van der Waals surface area contributed by atoms with E-state index in [1.54, 1.807) is 23.9 Å². The average Bonchev–Trinajstić information content (AvgIpc) is 3.24. The predicted octanol–water partition coefficient (Wildman–Crippen LogP) is 3.95. The third-order valence-electron chi connectivity index (χ3n) is 4.32. The van der Waals surface area contributed by atoms with Crippen molar-refractivity contribution >= 4 is 23.7 Å². The summed E-state index contributed by atoms with van der Waals surface area (Å²) in [5.74, 6) is -2.99. The normalized spacial score (nSPS) is 11.5. The second-order valence-electron chi connectivity index (χ2n) is 6.50. The second kappa shape index (κ2) is 11.2. The van der Waals surface area contributed by atoms with Crippen LogP contribution in [0.25, 0.3) is 11.5 Å². The summed E-state index contributed by atoms with van der Waals surface area (Å²) in [6.45, 7) is 2.81. The Bertz CT molecular complexity index is 997. The summed E-state index contributed by atoms with van der Waals surface area (Å²) in [5, 5.41) is 23.0. The molecule has 1 unspecified atom stereocenters. The quantitative estimate of drug-likeness (QED) is 0.428. The van der Waals surface area contributed by atoms with E-state index in [-0.39, 0.29) is 11.9 Å². The van der Waals surface area contributed by atoms with Crippen molar-refractivity contribution in [3.8, 4) is 11.5 Å². The standard InChI is InChI=1S/C19H20FN3OS.C2H2O4/c1-13(23(2)12-14-4-10-17(25-3)11-5-14)18-21-22-19(24-18)15-6-8-16(20)9-7-15;3-1(4)2(5)6/h4-11,13H,12H2,1-3H3;(H,3,4)(H,5,6). The molecule has 3 rings (SSSR count). The summed E-state index contributed by atoms with van der Waals surface area (Å²) in [4.78, 5) is 21.6. The molecule has 0 aliphatic rings. The molecule has 0 spiro atoms.